The standard InChI is InChI=1S/C21H27F2N5.HI/c1-24-21(25-13-15-6-4-7-17(12-15)27(2)3)26-16-10-11-28(14-16)20-18(22)8-5-9-19(20)23;/h4-9,12,16H,10-11,13-14H2,1-3H3,(H2,24,25,26);1H. The molecule has 1 atom stereocenters. The Kier molecular flexibility index (Phi) is 8.48. The van der Waals surface area contributed by atoms with E-state index in [0.717, 1.165) is 17.7 Å². The molecule has 1 unspecified atom stereocenters. The summed E-state index contributed by atoms with van der Waals surface area (Å²) in [5.74, 6) is -0.371. The molecule has 1 saturated heterocycles. The molecule has 1 heterocycles. The first kappa shape index (κ1) is 23.2. The van der Waals surface area contributed by atoms with Crippen molar-refractivity contribution < 1.29 is 8.78 Å². The van der Waals surface area contributed by atoms with Crippen LogP contribution < -0.4 is 20.4 Å². The second-order valence-corrected chi connectivity index (χ2v) is 7.14. The number of nitrogens with zero attached hydrogens (tertiary/aromatic N) is 3. The molecule has 2 N–H and O–H groups in total. The molecule has 0 radical (unpaired) electrons. The molecule has 0 amide bonds. The smallest absolute Gasteiger partial charge is 0.191 e. The summed E-state index contributed by atoms with van der Waals surface area (Å²) in [4.78, 5) is 8.08. The van der Waals surface area contributed by atoms with E-state index in [1.807, 2.05) is 20.2 Å². The van der Waals surface area contributed by atoms with Gasteiger partial charge < -0.3 is 20.4 Å². The van der Waals surface area contributed by atoms with Crippen molar-refractivity contribution in [3.05, 3.63) is 59.7 Å². The average Bonchev–Trinajstić information content (AvgIpc) is 3.13. The fraction of sp³-hybridized carbons (Fsp3) is 0.381. The van der Waals surface area contributed by atoms with Crippen LogP contribution in [-0.2, 0) is 6.54 Å². The number of rotatable bonds is 5. The minimum Gasteiger partial charge on any atom is -0.378 e. The number of anilines is 2. The highest BCUT2D eigenvalue weighted by molar-refractivity contribution is 14.0. The molecule has 158 valence electrons. The molecule has 0 bridgehead atoms. The molecule has 1 aliphatic heterocycles. The minimum absolute atomic E-state index is 0. The molecule has 3 rings (SSSR count). The van der Waals surface area contributed by atoms with E-state index in [4.69, 9.17) is 0 Å². The molecule has 2 aromatic carbocycles. The van der Waals surface area contributed by atoms with E-state index in [9.17, 15) is 8.78 Å². The number of hydrogen-bond acceptors (Lipinski definition) is 3. The molecule has 0 spiro atoms. The monoisotopic (exact) mass is 515 g/mol. The summed E-state index contributed by atoms with van der Waals surface area (Å²) in [6.07, 6.45) is 0.782. The van der Waals surface area contributed by atoms with Crippen molar-refractivity contribution in [2.24, 2.45) is 4.99 Å². The van der Waals surface area contributed by atoms with Crippen LogP contribution in [0.3, 0.4) is 0 Å². The highest BCUT2D eigenvalue weighted by Crippen LogP contribution is 2.26. The van der Waals surface area contributed by atoms with Gasteiger partial charge >= 0.3 is 0 Å². The number of benzene rings is 2. The normalized spacial score (nSPS) is 16.4. The zero-order valence-electron chi connectivity index (χ0n) is 17.0. The molecule has 0 aliphatic carbocycles. The van der Waals surface area contributed by atoms with Crippen molar-refractivity contribution in [1.29, 1.82) is 0 Å². The van der Waals surface area contributed by atoms with E-state index >= 15 is 0 Å². The van der Waals surface area contributed by atoms with Gasteiger partial charge in [0.15, 0.2) is 5.96 Å². The van der Waals surface area contributed by atoms with Crippen LogP contribution in [0.4, 0.5) is 20.2 Å². The van der Waals surface area contributed by atoms with Gasteiger partial charge in [-0.3, -0.25) is 4.99 Å². The van der Waals surface area contributed by atoms with E-state index < -0.39 is 11.6 Å². The highest BCUT2D eigenvalue weighted by atomic mass is 127. The number of guanidine groups is 1. The van der Waals surface area contributed by atoms with Gasteiger partial charge in [-0.05, 0) is 36.2 Å². The first-order chi connectivity index (χ1) is 13.5. The van der Waals surface area contributed by atoms with E-state index in [-0.39, 0.29) is 35.7 Å². The van der Waals surface area contributed by atoms with E-state index in [2.05, 4.69) is 38.7 Å². The third-order valence-electron chi connectivity index (χ3n) is 4.89. The summed E-state index contributed by atoms with van der Waals surface area (Å²) in [5.41, 5.74) is 2.34. The lowest BCUT2D eigenvalue weighted by atomic mass is 10.2. The van der Waals surface area contributed by atoms with E-state index in [1.54, 1.807) is 11.9 Å². The van der Waals surface area contributed by atoms with Crippen LogP contribution in [0.2, 0.25) is 0 Å². The Bertz CT molecular complexity index is 823. The van der Waals surface area contributed by atoms with Gasteiger partial charge in [0, 0.05) is 52.5 Å². The first-order valence-electron chi connectivity index (χ1n) is 9.40. The summed E-state index contributed by atoms with van der Waals surface area (Å²) < 4.78 is 28.0. The molecule has 1 aliphatic rings. The molecule has 29 heavy (non-hydrogen) atoms. The lowest BCUT2D eigenvalue weighted by Crippen LogP contribution is -2.44. The Labute approximate surface area is 188 Å². The van der Waals surface area contributed by atoms with Gasteiger partial charge in [0.05, 0.1) is 0 Å². The van der Waals surface area contributed by atoms with Gasteiger partial charge in [0.2, 0.25) is 0 Å². The lowest BCUT2D eigenvalue weighted by Gasteiger charge is -2.21. The fourth-order valence-corrected chi connectivity index (χ4v) is 3.39. The second-order valence-electron chi connectivity index (χ2n) is 7.14. The van der Waals surface area contributed by atoms with Gasteiger partial charge in [-0.15, -0.1) is 24.0 Å². The highest BCUT2D eigenvalue weighted by Gasteiger charge is 2.27. The summed E-state index contributed by atoms with van der Waals surface area (Å²) >= 11 is 0. The number of para-hydroxylation sites is 1. The van der Waals surface area contributed by atoms with E-state index in [0.29, 0.717) is 25.6 Å². The molecule has 8 heteroatoms. The third-order valence-corrected chi connectivity index (χ3v) is 4.89. The Hall–Kier alpha value is -2.10. The molecule has 5 nitrogen and oxygen atoms in total. The van der Waals surface area contributed by atoms with Crippen molar-refractivity contribution in [3.8, 4) is 0 Å². The van der Waals surface area contributed by atoms with Crippen molar-refractivity contribution in [1.82, 2.24) is 10.6 Å². The molecule has 0 aromatic heterocycles. The zero-order valence-corrected chi connectivity index (χ0v) is 19.3. The molecule has 1 fully saturated rings. The Morgan fingerprint density at radius 1 is 1.17 bits per heavy atom. The van der Waals surface area contributed by atoms with Crippen LogP contribution in [0.15, 0.2) is 47.5 Å². The Balaban J connectivity index is 0.00000300. The van der Waals surface area contributed by atoms with Gasteiger partial charge in [-0.25, -0.2) is 8.78 Å². The average molecular weight is 515 g/mol. The van der Waals surface area contributed by atoms with Crippen LogP contribution in [0.1, 0.15) is 12.0 Å². The molecular formula is C21H28F2IN5. The Morgan fingerprint density at radius 3 is 2.52 bits per heavy atom. The lowest BCUT2D eigenvalue weighted by molar-refractivity contribution is 0.576. The van der Waals surface area contributed by atoms with Crippen LogP contribution in [-0.4, -0.2) is 46.2 Å². The maximum Gasteiger partial charge on any atom is 0.191 e. The first-order valence-corrected chi connectivity index (χ1v) is 9.40. The third kappa shape index (κ3) is 5.94. The number of halogens is 3. The molecular weight excluding hydrogens is 487 g/mol. The van der Waals surface area contributed by atoms with E-state index in [1.165, 1.54) is 18.2 Å². The molecule has 0 saturated carbocycles. The SMILES string of the molecule is CN=C(NCc1cccc(N(C)C)c1)NC1CCN(c2c(F)cccc2F)C1.I. The van der Waals surface area contributed by atoms with Gasteiger partial charge in [0.25, 0.3) is 0 Å². The van der Waals surface area contributed by atoms with Gasteiger partial charge in [-0.2, -0.15) is 0 Å². The summed E-state index contributed by atoms with van der Waals surface area (Å²) in [7, 11) is 5.74. The zero-order chi connectivity index (χ0) is 20.1. The topological polar surface area (TPSA) is 42.9 Å². The quantitative estimate of drug-likeness (QED) is 0.363. The number of nitrogens with one attached hydrogen (secondary N) is 2. The summed E-state index contributed by atoms with van der Waals surface area (Å²) in [5, 5.41) is 6.66. The minimum atomic E-state index is -0.524. The van der Waals surface area contributed by atoms with Crippen molar-refractivity contribution >= 4 is 41.3 Å². The predicted molar refractivity (Wildman–Crippen MR) is 126 cm³/mol. The van der Waals surface area contributed by atoms with Gasteiger partial charge in [0.1, 0.15) is 17.3 Å². The van der Waals surface area contributed by atoms with Crippen LogP contribution >= 0.6 is 24.0 Å². The van der Waals surface area contributed by atoms with Crippen molar-refractivity contribution in [2.75, 3.05) is 44.0 Å². The van der Waals surface area contributed by atoms with Crippen molar-refractivity contribution in [2.45, 2.75) is 19.0 Å². The maximum absolute atomic E-state index is 14.0. The number of hydrogen-bond donors (Lipinski definition) is 2. The summed E-state index contributed by atoms with van der Waals surface area (Å²) in [6, 6.07) is 12.3. The van der Waals surface area contributed by atoms with Crippen LogP contribution in [0.5, 0.6) is 0 Å². The van der Waals surface area contributed by atoms with Gasteiger partial charge in [-0.1, -0.05) is 18.2 Å². The Morgan fingerprint density at radius 2 is 1.86 bits per heavy atom. The van der Waals surface area contributed by atoms with Crippen LogP contribution in [0.25, 0.3) is 0 Å². The van der Waals surface area contributed by atoms with Crippen LogP contribution in [0, 0.1) is 11.6 Å². The fourth-order valence-electron chi connectivity index (χ4n) is 3.39. The van der Waals surface area contributed by atoms with Crippen molar-refractivity contribution in [3.63, 3.8) is 0 Å². The largest absolute Gasteiger partial charge is 0.378 e. The second kappa shape index (κ2) is 10.6. The number of aliphatic imine (C=N–C) groups is 1. The predicted octanol–water partition coefficient (Wildman–Crippen LogP) is 3.59. The molecule has 2 aromatic rings. The summed E-state index contributed by atoms with van der Waals surface area (Å²) in [6.45, 7) is 1.76. The maximum atomic E-state index is 14.0.